The summed E-state index contributed by atoms with van der Waals surface area (Å²) in [5.74, 6) is 1.13. The van der Waals surface area contributed by atoms with Crippen molar-refractivity contribution in [3.63, 3.8) is 0 Å². The number of hydrogen-bond acceptors (Lipinski definition) is 9. The molecule has 3 saturated heterocycles. The Balaban J connectivity index is 0.804. The zero-order valence-electron chi connectivity index (χ0n) is 36.9. The summed E-state index contributed by atoms with van der Waals surface area (Å²) in [7, 11) is 1.31. The number of hydrogen-bond donors (Lipinski definition) is 5. The van der Waals surface area contributed by atoms with Crippen LogP contribution in [0.15, 0.2) is 97.5 Å². The number of alkyl carbamates (subject to hydrolysis) is 1. The lowest BCUT2D eigenvalue weighted by Crippen LogP contribution is -2.53. The fraction of sp³-hybridized carbons (Fsp3) is 0.380. The maximum Gasteiger partial charge on any atom is 0.407 e. The lowest BCUT2D eigenvalue weighted by Gasteiger charge is -2.34. The maximum atomic E-state index is 14.1. The third kappa shape index (κ3) is 9.10. The second kappa shape index (κ2) is 18.8. The highest BCUT2D eigenvalue weighted by molar-refractivity contribution is 5.90. The first-order valence-corrected chi connectivity index (χ1v) is 23.1. The number of benzene rings is 3. The van der Waals surface area contributed by atoms with Gasteiger partial charge in [0.2, 0.25) is 11.8 Å². The topological polar surface area (TPSA) is 200 Å². The molecule has 1 saturated carbocycles. The van der Waals surface area contributed by atoms with E-state index in [0.29, 0.717) is 39.1 Å². The van der Waals surface area contributed by atoms with Gasteiger partial charge in [0.15, 0.2) is 0 Å². The van der Waals surface area contributed by atoms with Gasteiger partial charge in [0.05, 0.1) is 48.7 Å². The molecule has 5 amide bonds. The number of nitrogens with zero attached hydrogens (tertiary/aromatic N) is 5. The van der Waals surface area contributed by atoms with Crippen LogP contribution in [0.25, 0.3) is 44.5 Å². The van der Waals surface area contributed by atoms with Crippen LogP contribution in [-0.2, 0) is 19.1 Å². The number of methoxy groups -OCH3 is 1. The average Bonchev–Trinajstić information content (AvgIpc) is 3.88. The number of fused-ring (bicyclic) bond motifs is 1. The standard InChI is InChI=1S/C50H54N10O6/c1-65-50(64)58-44(33-19-23-66-24-20-33)48(62)60-22-6-10-42(60)46-53-29-40(56-46)35-16-15-34-26-38(51-27-36(34)25-35)30-11-13-31(14-12-30)39-28-52-45(55-39)41-9-5-21-59(41)47(61)43(32-7-3-2-4-8-32)57-49(63)54-37-17-18-37/h2-4,7-8,11-16,25-29,33,37,41-44H,5-6,9-10,17-24H2,1H3,(H,52,55)(H,53,56)(H,58,64)(H2,54,57,63)/t41-,42-,43+,44-/m0/s1. The Kier molecular flexibility index (Phi) is 12.2. The van der Waals surface area contributed by atoms with Crippen molar-refractivity contribution >= 4 is 34.7 Å². The molecule has 6 heterocycles. The minimum Gasteiger partial charge on any atom is -0.453 e. The summed E-state index contributed by atoms with van der Waals surface area (Å²) in [6.45, 7) is 2.27. The number of likely N-dealkylation sites (tertiary alicyclic amines) is 2. The van der Waals surface area contributed by atoms with E-state index in [1.54, 1.807) is 0 Å². The molecule has 5 N–H and O–H groups in total. The van der Waals surface area contributed by atoms with Crippen LogP contribution < -0.4 is 16.0 Å². The normalized spacial score (nSPS) is 19.7. The van der Waals surface area contributed by atoms with Gasteiger partial charge in [-0.25, -0.2) is 19.6 Å². The fourth-order valence-corrected chi connectivity index (χ4v) is 9.70. The number of nitrogens with one attached hydrogen (secondary N) is 5. The average molecular weight is 891 g/mol. The van der Waals surface area contributed by atoms with Crippen molar-refractivity contribution in [2.45, 2.75) is 81.6 Å². The molecule has 340 valence electrons. The third-order valence-corrected chi connectivity index (χ3v) is 13.4. The van der Waals surface area contributed by atoms with E-state index in [9.17, 15) is 19.2 Å². The van der Waals surface area contributed by atoms with Crippen LogP contribution in [0.1, 0.15) is 86.7 Å². The number of carbonyl (C=O) groups is 4. The van der Waals surface area contributed by atoms with E-state index in [4.69, 9.17) is 24.4 Å². The number of pyridine rings is 1. The zero-order valence-corrected chi connectivity index (χ0v) is 36.9. The van der Waals surface area contributed by atoms with E-state index in [1.807, 2.05) is 83.0 Å². The molecule has 0 unspecified atom stereocenters. The van der Waals surface area contributed by atoms with Crippen molar-refractivity contribution in [3.8, 4) is 33.8 Å². The first kappa shape index (κ1) is 42.9. The fourth-order valence-electron chi connectivity index (χ4n) is 9.70. The number of aromatic amines is 2. The van der Waals surface area contributed by atoms with Crippen molar-refractivity contribution in [2.24, 2.45) is 5.92 Å². The Morgan fingerprint density at radius 2 is 1.32 bits per heavy atom. The summed E-state index contributed by atoms with van der Waals surface area (Å²) in [5, 5.41) is 10.7. The molecule has 3 aliphatic heterocycles. The largest absolute Gasteiger partial charge is 0.453 e. The van der Waals surface area contributed by atoms with E-state index < -0.39 is 18.2 Å². The summed E-state index contributed by atoms with van der Waals surface area (Å²) >= 11 is 0. The molecule has 10 rings (SSSR count). The van der Waals surface area contributed by atoms with Gasteiger partial charge < -0.3 is 45.2 Å². The Labute approximate surface area is 382 Å². The first-order valence-electron chi connectivity index (χ1n) is 23.1. The highest BCUT2D eigenvalue weighted by Gasteiger charge is 2.41. The monoisotopic (exact) mass is 890 g/mol. The smallest absolute Gasteiger partial charge is 0.407 e. The van der Waals surface area contributed by atoms with Crippen LogP contribution in [0.3, 0.4) is 0 Å². The summed E-state index contributed by atoms with van der Waals surface area (Å²) in [5.41, 5.74) is 6.16. The summed E-state index contributed by atoms with van der Waals surface area (Å²) in [4.78, 5) is 78.3. The second-order valence-corrected chi connectivity index (χ2v) is 17.8. The van der Waals surface area contributed by atoms with Crippen molar-refractivity contribution < 1.29 is 28.7 Å². The molecular weight excluding hydrogens is 837 g/mol. The quantitative estimate of drug-likeness (QED) is 0.0833. The number of aromatic nitrogens is 5. The number of ether oxygens (including phenoxy) is 2. The Bertz CT molecular complexity index is 2710. The molecule has 4 atom stereocenters. The molecule has 4 fully saturated rings. The summed E-state index contributed by atoms with van der Waals surface area (Å²) < 4.78 is 10.4. The van der Waals surface area contributed by atoms with Gasteiger partial charge >= 0.3 is 12.1 Å². The van der Waals surface area contributed by atoms with E-state index in [2.05, 4.69) is 50.2 Å². The minimum absolute atomic E-state index is 0.0347. The van der Waals surface area contributed by atoms with Gasteiger partial charge in [0, 0.05) is 55.1 Å². The van der Waals surface area contributed by atoms with Crippen molar-refractivity contribution in [1.82, 2.24) is 50.7 Å². The predicted molar refractivity (Wildman–Crippen MR) is 246 cm³/mol. The number of rotatable bonds is 12. The van der Waals surface area contributed by atoms with Gasteiger partial charge in [0.25, 0.3) is 0 Å². The molecule has 0 bridgehead atoms. The van der Waals surface area contributed by atoms with Crippen molar-refractivity contribution in [1.29, 1.82) is 0 Å². The lowest BCUT2D eigenvalue weighted by molar-refractivity contribution is -0.137. The van der Waals surface area contributed by atoms with Gasteiger partial charge in [-0.3, -0.25) is 14.6 Å². The minimum atomic E-state index is -0.808. The van der Waals surface area contributed by atoms with Crippen LogP contribution in [0, 0.1) is 5.92 Å². The Morgan fingerprint density at radius 1 is 0.682 bits per heavy atom. The second-order valence-electron chi connectivity index (χ2n) is 17.8. The van der Waals surface area contributed by atoms with Gasteiger partial charge in [-0.2, -0.15) is 0 Å². The molecule has 16 heteroatoms. The van der Waals surface area contributed by atoms with E-state index in [-0.39, 0.29) is 41.9 Å². The molecule has 0 radical (unpaired) electrons. The van der Waals surface area contributed by atoms with Gasteiger partial charge in [-0.05, 0) is 85.9 Å². The van der Waals surface area contributed by atoms with E-state index in [1.165, 1.54) is 7.11 Å². The molecule has 6 aromatic rings. The SMILES string of the molecule is COC(=O)N[C@H](C(=O)N1CCC[C@H]1c1ncc(-c2ccc3cc(-c4ccc(-c5cnc([C@@H]6CCCN6C(=O)[C@H](NC(=O)NC6CC6)c6ccccc6)[nH]5)cc4)ncc3c2)[nH]1)C1CCOCC1. The highest BCUT2D eigenvalue weighted by Crippen LogP contribution is 2.37. The number of carbonyl (C=O) groups excluding carboxylic acids is 4. The number of amides is 5. The van der Waals surface area contributed by atoms with Crippen LogP contribution in [0.2, 0.25) is 0 Å². The maximum absolute atomic E-state index is 14.1. The number of imidazole rings is 2. The van der Waals surface area contributed by atoms with Gasteiger partial charge in [-0.15, -0.1) is 0 Å². The van der Waals surface area contributed by atoms with E-state index >= 15 is 0 Å². The van der Waals surface area contributed by atoms with Gasteiger partial charge in [0.1, 0.15) is 23.7 Å². The molecule has 0 spiro atoms. The van der Waals surface area contributed by atoms with Gasteiger partial charge in [-0.1, -0.05) is 66.7 Å². The summed E-state index contributed by atoms with van der Waals surface area (Å²) in [6.07, 6.45) is 11.4. The van der Waals surface area contributed by atoms with Crippen LogP contribution >= 0.6 is 0 Å². The van der Waals surface area contributed by atoms with Crippen molar-refractivity contribution in [3.05, 3.63) is 115 Å². The van der Waals surface area contributed by atoms with Crippen LogP contribution in [0.4, 0.5) is 9.59 Å². The van der Waals surface area contributed by atoms with Crippen LogP contribution in [0.5, 0.6) is 0 Å². The molecule has 1 aliphatic carbocycles. The molecule has 16 nitrogen and oxygen atoms in total. The molecule has 4 aliphatic rings. The van der Waals surface area contributed by atoms with E-state index in [0.717, 1.165) is 100 Å². The molecule has 66 heavy (non-hydrogen) atoms. The van der Waals surface area contributed by atoms with Crippen molar-refractivity contribution in [2.75, 3.05) is 33.4 Å². The molecule has 3 aromatic carbocycles. The molecule has 3 aromatic heterocycles. The Hall–Kier alpha value is -7.07. The highest BCUT2D eigenvalue weighted by atomic mass is 16.5. The lowest BCUT2D eigenvalue weighted by atomic mass is 9.90. The van der Waals surface area contributed by atoms with Crippen LogP contribution in [-0.4, -0.2) is 104 Å². The molecular formula is C50H54N10O6. The zero-order chi connectivity index (χ0) is 45.1. The number of urea groups is 1. The third-order valence-electron chi connectivity index (χ3n) is 13.4. The summed E-state index contributed by atoms with van der Waals surface area (Å²) in [6, 6.07) is 23.8. The first-order chi connectivity index (χ1) is 32.3. The Morgan fingerprint density at radius 3 is 1.98 bits per heavy atom. The number of H-pyrrole nitrogens is 2. The predicted octanol–water partition coefficient (Wildman–Crippen LogP) is 7.36.